The van der Waals surface area contributed by atoms with E-state index in [1.807, 2.05) is 0 Å². The van der Waals surface area contributed by atoms with E-state index in [4.69, 9.17) is 42.6 Å². The molecule has 0 aromatic carbocycles. The van der Waals surface area contributed by atoms with Crippen LogP contribution in [0.3, 0.4) is 0 Å². The molecule has 15 atom stereocenters. The van der Waals surface area contributed by atoms with Crippen LogP contribution >= 0.6 is 0 Å². The standard InChI is InChI=1S/C36H68O16/c1-5-6-7-8-9-10-15-47-34-32(25(19-42)23(17-40)27(48-34)11-13-37)52-36-33(46-4)30(26(20-43)29(50-36)21-44-2)51-35-31(45-3)24(18-41)22(16-39)28(49-35)12-14-38/h22-43H,5-21H2,1-4H3/t22-,23-,24-,25-,26+,27?,28?,29?,30-,31?,32?,33?,34-,35+,36+/m0/s1. The van der Waals surface area contributed by atoms with E-state index in [0.29, 0.717) is 6.61 Å². The minimum absolute atomic E-state index is 0.0417. The smallest absolute Gasteiger partial charge is 0.187 e. The van der Waals surface area contributed by atoms with Crippen molar-refractivity contribution in [2.45, 2.75) is 120 Å². The van der Waals surface area contributed by atoms with E-state index in [0.717, 1.165) is 32.1 Å². The zero-order chi connectivity index (χ0) is 38.0. The third-order valence-corrected chi connectivity index (χ3v) is 11.0. The van der Waals surface area contributed by atoms with Crippen molar-refractivity contribution in [1.29, 1.82) is 0 Å². The van der Waals surface area contributed by atoms with Gasteiger partial charge >= 0.3 is 0 Å². The molecule has 7 N–H and O–H groups in total. The van der Waals surface area contributed by atoms with Gasteiger partial charge in [0.05, 0.1) is 37.6 Å². The van der Waals surface area contributed by atoms with Crippen LogP contribution in [0.15, 0.2) is 0 Å². The number of aliphatic hydroxyl groups is 7. The molecule has 3 aliphatic rings. The van der Waals surface area contributed by atoms with Gasteiger partial charge in [-0.05, 0) is 19.3 Å². The summed E-state index contributed by atoms with van der Waals surface area (Å²) in [5.41, 5.74) is 0. The lowest BCUT2D eigenvalue weighted by molar-refractivity contribution is -0.380. The molecule has 3 heterocycles. The van der Waals surface area contributed by atoms with Crippen molar-refractivity contribution >= 4 is 0 Å². The van der Waals surface area contributed by atoms with E-state index in [1.54, 1.807) is 0 Å². The molecule has 16 nitrogen and oxygen atoms in total. The first kappa shape index (κ1) is 45.7. The second-order valence-corrected chi connectivity index (χ2v) is 14.1. The summed E-state index contributed by atoms with van der Waals surface area (Å²) in [4.78, 5) is 0. The van der Waals surface area contributed by atoms with E-state index in [-0.39, 0.29) is 59.1 Å². The highest BCUT2D eigenvalue weighted by Gasteiger charge is 2.55. The molecule has 6 unspecified atom stereocenters. The van der Waals surface area contributed by atoms with Gasteiger partial charge < -0.3 is 78.4 Å². The Kier molecular flexibility index (Phi) is 21.8. The highest BCUT2D eigenvalue weighted by molar-refractivity contribution is 4.97. The molecule has 0 aliphatic carbocycles. The van der Waals surface area contributed by atoms with Crippen molar-refractivity contribution in [3.05, 3.63) is 0 Å². The summed E-state index contributed by atoms with van der Waals surface area (Å²) in [6, 6.07) is 0. The van der Waals surface area contributed by atoms with Crippen molar-refractivity contribution < 1.29 is 78.4 Å². The molecule has 16 heteroatoms. The van der Waals surface area contributed by atoms with Crippen LogP contribution in [-0.2, 0) is 42.6 Å². The number of rotatable bonds is 25. The van der Waals surface area contributed by atoms with Crippen LogP contribution in [0, 0.1) is 29.6 Å². The lowest BCUT2D eigenvalue weighted by Crippen LogP contribution is -2.64. The van der Waals surface area contributed by atoms with Crippen molar-refractivity contribution in [2.24, 2.45) is 29.6 Å². The number of unbranched alkanes of at least 4 members (excludes halogenated alkanes) is 5. The molecule has 0 bridgehead atoms. The van der Waals surface area contributed by atoms with Crippen molar-refractivity contribution in [2.75, 3.05) is 80.8 Å². The Balaban J connectivity index is 1.95. The molecule has 52 heavy (non-hydrogen) atoms. The fourth-order valence-corrected chi connectivity index (χ4v) is 8.08. The van der Waals surface area contributed by atoms with Crippen LogP contribution in [0.25, 0.3) is 0 Å². The van der Waals surface area contributed by atoms with E-state index >= 15 is 0 Å². The number of hydrogen-bond donors (Lipinski definition) is 7. The highest BCUT2D eigenvalue weighted by Crippen LogP contribution is 2.41. The van der Waals surface area contributed by atoms with Gasteiger partial charge in [-0.2, -0.15) is 0 Å². The Morgan fingerprint density at radius 2 is 0.962 bits per heavy atom. The molecule has 0 aromatic heterocycles. The molecular formula is C36H68O16. The van der Waals surface area contributed by atoms with Gasteiger partial charge in [-0.3, -0.25) is 0 Å². The van der Waals surface area contributed by atoms with Crippen LogP contribution in [0.2, 0.25) is 0 Å². The van der Waals surface area contributed by atoms with Gasteiger partial charge in [0.1, 0.15) is 18.3 Å². The van der Waals surface area contributed by atoms with Crippen LogP contribution in [0.1, 0.15) is 58.3 Å². The molecular weight excluding hydrogens is 688 g/mol. The molecule has 0 radical (unpaired) electrons. The van der Waals surface area contributed by atoms with Crippen LogP contribution < -0.4 is 0 Å². The van der Waals surface area contributed by atoms with Gasteiger partial charge in [-0.15, -0.1) is 0 Å². The minimum Gasteiger partial charge on any atom is -0.396 e. The van der Waals surface area contributed by atoms with Crippen LogP contribution in [0.5, 0.6) is 0 Å². The Bertz CT molecular complexity index is 920. The quantitative estimate of drug-likeness (QED) is 0.0599. The topological polar surface area (TPSA) is 225 Å². The van der Waals surface area contributed by atoms with Crippen LogP contribution in [-0.4, -0.2) is 178 Å². The summed E-state index contributed by atoms with van der Waals surface area (Å²) < 4.78 is 55.8. The zero-order valence-corrected chi connectivity index (χ0v) is 31.5. The second kappa shape index (κ2) is 24.8. The summed E-state index contributed by atoms with van der Waals surface area (Å²) in [6.45, 7) is 0.393. The molecule has 3 aliphatic heterocycles. The lowest BCUT2D eigenvalue weighted by atomic mass is 9.80. The highest BCUT2D eigenvalue weighted by atomic mass is 16.8. The number of methoxy groups -OCH3 is 3. The Labute approximate surface area is 308 Å². The Morgan fingerprint density at radius 3 is 1.48 bits per heavy atom. The maximum atomic E-state index is 10.7. The monoisotopic (exact) mass is 756 g/mol. The third kappa shape index (κ3) is 11.7. The molecule has 308 valence electrons. The minimum atomic E-state index is -1.19. The molecule has 3 saturated heterocycles. The first-order valence-corrected chi connectivity index (χ1v) is 19.1. The molecule has 0 spiro atoms. The molecule has 0 aromatic rings. The first-order chi connectivity index (χ1) is 25.4. The average Bonchev–Trinajstić information content (AvgIpc) is 3.15. The van der Waals surface area contributed by atoms with Gasteiger partial charge in [0.15, 0.2) is 18.9 Å². The summed E-state index contributed by atoms with van der Waals surface area (Å²) in [5, 5.41) is 71.9. The van der Waals surface area contributed by atoms with Gasteiger partial charge in [-0.1, -0.05) is 39.0 Å². The van der Waals surface area contributed by atoms with Gasteiger partial charge in [0, 0.05) is 97.2 Å². The first-order valence-electron chi connectivity index (χ1n) is 19.1. The van der Waals surface area contributed by atoms with Gasteiger partial charge in [0.25, 0.3) is 0 Å². The van der Waals surface area contributed by atoms with Gasteiger partial charge in [0.2, 0.25) is 0 Å². The molecule has 3 rings (SSSR count). The molecule has 0 saturated carbocycles. The normalized spacial score (nSPS) is 38.5. The van der Waals surface area contributed by atoms with Crippen LogP contribution in [0.4, 0.5) is 0 Å². The Hall–Kier alpha value is -0.640. The van der Waals surface area contributed by atoms with E-state index in [1.165, 1.54) is 27.8 Å². The van der Waals surface area contributed by atoms with Crippen molar-refractivity contribution in [1.82, 2.24) is 0 Å². The predicted octanol–water partition coefficient (Wildman–Crippen LogP) is -0.208. The maximum Gasteiger partial charge on any atom is 0.187 e. The van der Waals surface area contributed by atoms with Crippen molar-refractivity contribution in [3.63, 3.8) is 0 Å². The number of aliphatic hydroxyl groups excluding tert-OH is 7. The molecule has 3 fully saturated rings. The summed E-state index contributed by atoms with van der Waals surface area (Å²) in [5.74, 6) is -3.13. The summed E-state index contributed by atoms with van der Waals surface area (Å²) in [6.07, 6.45) is -2.41. The number of hydrogen-bond acceptors (Lipinski definition) is 16. The fourth-order valence-electron chi connectivity index (χ4n) is 8.08. The third-order valence-electron chi connectivity index (χ3n) is 11.0. The maximum absolute atomic E-state index is 10.7. The SMILES string of the molecule is CCCCCCCCO[C@H]1OC(CCO)[C@@H](CO)[C@H](CO)C1O[C@H]1OC(COC)[C@@H](CO)[C@H](O[C@H]2OC(CCO)[C@@H](CO)[C@H](CO)C2OC)C1OC. The largest absolute Gasteiger partial charge is 0.396 e. The average molecular weight is 757 g/mol. The van der Waals surface area contributed by atoms with E-state index in [2.05, 4.69) is 6.92 Å². The predicted molar refractivity (Wildman–Crippen MR) is 185 cm³/mol. The van der Waals surface area contributed by atoms with E-state index < -0.39 is 97.8 Å². The van der Waals surface area contributed by atoms with Crippen molar-refractivity contribution in [3.8, 4) is 0 Å². The van der Waals surface area contributed by atoms with Gasteiger partial charge in [-0.25, -0.2) is 0 Å². The summed E-state index contributed by atoms with van der Waals surface area (Å²) >= 11 is 0. The number of ether oxygens (including phenoxy) is 9. The zero-order valence-electron chi connectivity index (χ0n) is 31.5. The lowest BCUT2D eigenvalue weighted by Gasteiger charge is -2.51. The molecule has 0 amide bonds. The second-order valence-electron chi connectivity index (χ2n) is 14.1. The fraction of sp³-hybridized carbons (Fsp3) is 1.00. The summed E-state index contributed by atoms with van der Waals surface area (Å²) in [7, 11) is 4.38. The van der Waals surface area contributed by atoms with E-state index in [9.17, 15) is 35.7 Å². The Morgan fingerprint density at radius 1 is 0.481 bits per heavy atom.